The van der Waals surface area contributed by atoms with Crippen molar-refractivity contribution in [3.8, 4) is 5.75 Å². The molecule has 0 saturated heterocycles. The molecule has 2 aliphatic carbocycles. The molecule has 27 heavy (non-hydrogen) atoms. The lowest BCUT2D eigenvalue weighted by molar-refractivity contribution is 0.0981. The molecule has 2 aliphatic rings. The van der Waals surface area contributed by atoms with Crippen LogP contribution in [0.2, 0.25) is 0 Å². The van der Waals surface area contributed by atoms with Gasteiger partial charge in [-0.05, 0) is 92.5 Å². The Labute approximate surface area is 159 Å². The third kappa shape index (κ3) is 4.00. The third-order valence-corrected chi connectivity index (χ3v) is 6.67. The van der Waals surface area contributed by atoms with Crippen LogP contribution in [0.1, 0.15) is 53.6 Å². The summed E-state index contributed by atoms with van der Waals surface area (Å²) >= 11 is 0. The van der Waals surface area contributed by atoms with Gasteiger partial charge in [0.05, 0.1) is 11.0 Å². The first-order valence-corrected chi connectivity index (χ1v) is 11.0. The molecule has 0 atom stereocenters. The van der Waals surface area contributed by atoms with E-state index in [-0.39, 0.29) is 11.0 Å². The van der Waals surface area contributed by atoms with Crippen molar-refractivity contribution in [3.63, 3.8) is 0 Å². The Morgan fingerprint density at radius 1 is 0.926 bits per heavy atom. The molecule has 0 radical (unpaired) electrons. The number of nitrogens with one attached hydrogen (secondary N) is 1. The van der Waals surface area contributed by atoms with Gasteiger partial charge < -0.3 is 4.74 Å². The second kappa shape index (κ2) is 7.35. The van der Waals surface area contributed by atoms with Gasteiger partial charge in [-0.1, -0.05) is 6.07 Å². The van der Waals surface area contributed by atoms with E-state index >= 15 is 0 Å². The Kier molecular flexibility index (Phi) is 4.91. The number of rotatable bonds is 5. The van der Waals surface area contributed by atoms with Crippen molar-refractivity contribution in [3.05, 3.63) is 59.2 Å². The number of carbonyl (C=O) groups excluding carboxylic acids is 1. The minimum absolute atomic E-state index is 0.0516. The molecule has 4 rings (SSSR count). The molecule has 0 heterocycles. The van der Waals surface area contributed by atoms with Gasteiger partial charge in [0.1, 0.15) is 5.75 Å². The minimum atomic E-state index is -3.92. The number of carbonyl (C=O) groups is 1. The first kappa shape index (κ1) is 18.0. The predicted molar refractivity (Wildman–Crippen MR) is 102 cm³/mol. The van der Waals surface area contributed by atoms with Gasteiger partial charge in [-0.25, -0.2) is 13.1 Å². The zero-order chi connectivity index (χ0) is 18.9. The fraction of sp³-hybridized carbons (Fsp3) is 0.381. The fourth-order valence-corrected chi connectivity index (χ4v) is 4.82. The van der Waals surface area contributed by atoms with Crippen LogP contribution >= 0.6 is 0 Å². The SMILES string of the molecule is O=C(NS(=O)(=O)c1ccc(OC2CCCC2)cc1)c1ccc2c(c1)CCC2. The standard InChI is InChI=1S/C21H23NO4S/c23-21(17-9-8-15-4-3-5-16(15)14-17)22-27(24,25)20-12-10-19(11-13-20)26-18-6-1-2-7-18/h8-14,18H,1-7H2,(H,22,23). The van der Waals surface area contributed by atoms with Crippen molar-refractivity contribution in [1.29, 1.82) is 0 Å². The molecule has 1 amide bonds. The zero-order valence-electron chi connectivity index (χ0n) is 15.1. The van der Waals surface area contributed by atoms with Gasteiger partial charge in [0.15, 0.2) is 0 Å². The number of fused-ring (bicyclic) bond motifs is 1. The van der Waals surface area contributed by atoms with Crippen LogP contribution in [0.5, 0.6) is 5.75 Å². The fourth-order valence-electron chi connectivity index (χ4n) is 3.85. The molecule has 0 bridgehead atoms. The number of sulfonamides is 1. The van der Waals surface area contributed by atoms with Gasteiger partial charge in [-0.3, -0.25) is 4.79 Å². The second-order valence-electron chi connectivity index (χ2n) is 7.27. The average molecular weight is 385 g/mol. The van der Waals surface area contributed by atoms with Crippen LogP contribution < -0.4 is 9.46 Å². The van der Waals surface area contributed by atoms with E-state index in [4.69, 9.17) is 4.74 Å². The van der Waals surface area contributed by atoms with Crippen LogP contribution in [0.15, 0.2) is 47.4 Å². The van der Waals surface area contributed by atoms with Crippen LogP contribution in [0.25, 0.3) is 0 Å². The second-order valence-corrected chi connectivity index (χ2v) is 8.95. The summed E-state index contributed by atoms with van der Waals surface area (Å²) in [6.07, 6.45) is 7.67. The van der Waals surface area contributed by atoms with Crippen molar-refractivity contribution in [1.82, 2.24) is 4.72 Å². The number of amides is 1. The first-order chi connectivity index (χ1) is 13.0. The summed E-state index contributed by atoms with van der Waals surface area (Å²) in [4.78, 5) is 12.5. The summed E-state index contributed by atoms with van der Waals surface area (Å²) in [5.74, 6) is 0.0572. The molecule has 0 aliphatic heterocycles. The molecule has 1 N–H and O–H groups in total. The van der Waals surface area contributed by atoms with Crippen LogP contribution in [0.4, 0.5) is 0 Å². The lowest BCUT2D eigenvalue weighted by Crippen LogP contribution is -2.30. The molecule has 2 aromatic carbocycles. The average Bonchev–Trinajstić information content (AvgIpc) is 3.32. The summed E-state index contributed by atoms with van der Waals surface area (Å²) in [5.41, 5.74) is 2.75. The predicted octanol–water partition coefficient (Wildman–Crippen LogP) is 3.62. The van der Waals surface area contributed by atoms with Gasteiger partial charge in [0.2, 0.25) is 0 Å². The van der Waals surface area contributed by atoms with Crippen LogP contribution in [-0.2, 0) is 22.9 Å². The highest BCUT2D eigenvalue weighted by Crippen LogP contribution is 2.25. The van der Waals surface area contributed by atoms with Crippen molar-refractivity contribution >= 4 is 15.9 Å². The van der Waals surface area contributed by atoms with Gasteiger partial charge in [-0.2, -0.15) is 0 Å². The van der Waals surface area contributed by atoms with Crippen LogP contribution in [0, 0.1) is 0 Å². The quantitative estimate of drug-likeness (QED) is 0.853. The van der Waals surface area contributed by atoms with E-state index in [9.17, 15) is 13.2 Å². The zero-order valence-corrected chi connectivity index (χ0v) is 15.9. The molecule has 2 aromatic rings. The van der Waals surface area contributed by atoms with E-state index in [0.29, 0.717) is 11.3 Å². The molecule has 1 saturated carbocycles. The Morgan fingerprint density at radius 2 is 1.63 bits per heavy atom. The van der Waals surface area contributed by atoms with Crippen molar-refractivity contribution in [2.24, 2.45) is 0 Å². The molecule has 142 valence electrons. The number of hydrogen-bond acceptors (Lipinski definition) is 4. The van der Waals surface area contributed by atoms with E-state index in [1.165, 1.54) is 30.5 Å². The largest absolute Gasteiger partial charge is 0.490 e. The van der Waals surface area contributed by atoms with Gasteiger partial charge in [0, 0.05) is 5.56 Å². The van der Waals surface area contributed by atoms with E-state index in [1.54, 1.807) is 24.3 Å². The molecule has 1 fully saturated rings. The van der Waals surface area contributed by atoms with E-state index in [2.05, 4.69) is 4.72 Å². The number of benzene rings is 2. The summed E-state index contributed by atoms with van der Waals surface area (Å²) in [5, 5.41) is 0. The van der Waals surface area contributed by atoms with Gasteiger partial charge in [0.25, 0.3) is 15.9 Å². The molecule has 5 nitrogen and oxygen atoms in total. The lowest BCUT2D eigenvalue weighted by Gasteiger charge is -2.13. The maximum atomic E-state index is 12.5. The van der Waals surface area contributed by atoms with Crippen LogP contribution in [-0.4, -0.2) is 20.4 Å². The Morgan fingerprint density at radius 3 is 2.37 bits per heavy atom. The van der Waals surface area contributed by atoms with Crippen molar-refractivity contribution in [2.45, 2.75) is 55.9 Å². The molecule has 0 unspecified atom stereocenters. The van der Waals surface area contributed by atoms with Crippen molar-refractivity contribution in [2.75, 3.05) is 0 Å². The summed E-state index contributed by atoms with van der Waals surface area (Å²) in [7, 11) is -3.92. The normalized spacial score (nSPS) is 16.9. The van der Waals surface area contributed by atoms with E-state index < -0.39 is 15.9 Å². The van der Waals surface area contributed by atoms with Crippen molar-refractivity contribution < 1.29 is 17.9 Å². The summed E-state index contributed by atoms with van der Waals surface area (Å²) < 4.78 is 33.1. The maximum absolute atomic E-state index is 12.5. The van der Waals surface area contributed by atoms with Gasteiger partial charge in [-0.15, -0.1) is 0 Å². The highest BCUT2D eigenvalue weighted by atomic mass is 32.2. The smallest absolute Gasteiger partial charge is 0.265 e. The number of ether oxygens (including phenoxy) is 1. The monoisotopic (exact) mass is 385 g/mol. The molecular weight excluding hydrogens is 362 g/mol. The van der Waals surface area contributed by atoms with Crippen LogP contribution in [0.3, 0.4) is 0 Å². The Bertz CT molecular complexity index is 945. The molecular formula is C21H23NO4S. The Hall–Kier alpha value is -2.34. The summed E-state index contributed by atoms with van der Waals surface area (Å²) in [6.45, 7) is 0. The third-order valence-electron chi connectivity index (χ3n) is 5.33. The molecule has 6 heteroatoms. The van der Waals surface area contributed by atoms with E-state index in [0.717, 1.165) is 37.7 Å². The van der Waals surface area contributed by atoms with E-state index in [1.807, 2.05) is 6.07 Å². The Balaban J connectivity index is 1.45. The molecule has 0 spiro atoms. The highest BCUT2D eigenvalue weighted by Gasteiger charge is 2.21. The first-order valence-electron chi connectivity index (χ1n) is 9.47. The maximum Gasteiger partial charge on any atom is 0.265 e. The summed E-state index contributed by atoms with van der Waals surface area (Å²) in [6, 6.07) is 11.6. The van der Waals surface area contributed by atoms with Gasteiger partial charge >= 0.3 is 0 Å². The lowest BCUT2D eigenvalue weighted by atomic mass is 10.1. The topological polar surface area (TPSA) is 72.5 Å². The highest BCUT2D eigenvalue weighted by molar-refractivity contribution is 7.90. The minimum Gasteiger partial charge on any atom is -0.490 e. The number of hydrogen-bond donors (Lipinski definition) is 1. The molecule has 0 aromatic heterocycles. The number of aryl methyl sites for hydroxylation is 2.